The molecule has 4 rings (SSSR count). The summed E-state index contributed by atoms with van der Waals surface area (Å²) in [4.78, 5) is 32.0. The number of ether oxygens (including phenoxy) is 3. The van der Waals surface area contributed by atoms with Crippen molar-refractivity contribution < 1.29 is 19.0 Å². The number of fused-ring (bicyclic) bond motifs is 1. The number of allylic oxidation sites excluding steroid dienone is 1. The van der Waals surface area contributed by atoms with Gasteiger partial charge in [-0.1, -0.05) is 11.3 Å². The van der Waals surface area contributed by atoms with Crippen molar-refractivity contribution in [1.29, 1.82) is 0 Å². The van der Waals surface area contributed by atoms with E-state index in [2.05, 4.69) is 9.56 Å². The predicted molar refractivity (Wildman–Crippen MR) is 135 cm³/mol. The molecule has 0 bridgehead atoms. The molecular formula is C26H29N3O5S. The Bertz CT molecular complexity index is 1520. The first-order valence-electron chi connectivity index (χ1n) is 11.3. The first kappa shape index (κ1) is 24.5. The van der Waals surface area contributed by atoms with E-state index in [1.807, 2.05) is 39.1 Å². The van der Waals surface area contributed by atoms with E-state index in [9.17, 15) is 9.59 Å². The van der Waals surface area contributed by atoms with Crippen LogP contribution in [0.5, 0.6) is 11.5 Å². The fourth-order valence-corrected chi connectivity index (χ4v) is 5.34. The number of benzene rings is 1. The minimum absolute atomic E-state index is 0.207. The fourth-order valence-electron chi connectivity index (χ4n) is 4.30. The summed E-state index contributed by atoms with van der Waals surface area (Å²) in [5.74, 6) is 0.585. The van der Waals surface area contributed by atoms with Crippen molar-refractivity contribution in [3.05, 3.63) is 77.7 Å². The van der Waals surface area contributed by atoms with Crippen molar-refractivity contribution in [3.63, 3.8) is 0 Å². The van der Waals surface area contributed by atoms with E-state index in [0.29, 0.717) is 37.7 Å². The van der Waals surface area contributed by atoms with Crippen LogP contribution in [0.1, 0.15) is 42.4 Å². The molecule has 0 saturated heterocycles. The third kappa shape index (κ3) is 4.20. The van der Waals surface area contributed by atoms with Crippen molar-refractivity contribution in [2.75, 3.05) is 20.8 Å². The van der Waals surface area contributed by atoms with Gasteiger partial charge in [-0.25, -0.2) is 9.79 Å². The van der Waals surface area contributed by atoms with Crippen LogP contribution in [-0.4, -0.2) is 35.9 Å². The quantitative estimate of drug-likeness (QED) is 0.491. The van der Waals surface area contributed by atoms with Crippen LogP contribution in [0, 0.1) is 13.8 Å². The molecule has 0 fully saturated rings. The second-order valence-corrected chi connectivity index (χ2v) is 9.30. The van der Waals surface area contributed by atoms with Gasteiger partial charge in [-0.2, -0.15) is 0 Å². The highest BCUT2D eigenvalue weighted by Crippen LogP contribution is 2.37. The summed E-state index contributed by atoms with van der Waals surface area (Å²) in [6.45, 7) is 7.76. The lowest BCUT2D eigenvalue weighted by atomic mass is 9.95. The number of esters is 1. The topological polar surface area (TPSA) is 84.1 Å². The van der Waals surface area contributed by atoms with E-state index in [0.717, 1.165) is 17.0 Å². The Morgan fingerprint density at radius 3 is 2.51 bits per heavy atom. The number of thiazole rings is 1. The molecule has 1 atom stereocenters. The van der Waals surface area contributed by atoms with Gasteiger partial charge in [0.25, 0.3) is 5.56 Å². The van der Waals surface area contributed by atoms with Gasteiger partial charge >= 0.3 is 5.97 Å². The molecule has 3 heterocycles. The van der Waals surface area contributed by atoms with Gasteiger partial charge in [0.15, 0.2) is 4.80 Å². The first-order chi connectivity index (χ1) is 16.7. The fraction of sp³-hybridized carbons (Fsp3) is 0.346. The smallest absolute Gasteiger partial charge is 0.338 e. The van der Waals surface area contributed by atoms with Crippen LogP contribution in [0.2, 0.25) is 0 Å². The molecule has 2 aromatic heterocycles. The number of rotatable bonds is 6. The van der Waals surface area contributed by atoms with E-state index >= 15 is 0 Å². The Morgan fingerprint density at radius 2 is 1.91 bits per heavy atom. The van der Waals surface area contributed by atoms with Gasteiger partial charge in [-0.3, -0.25) is 9.36 Å². The van der Waals surface area contributed by atoms with E-state index in [1.54, 1.807) is 44.8 Å². The molecule has 3 aromatic rings. The second kappa shape index (κ2) is 9.58. The zero-order valence-corrected chi connectivity index (χ0v) is 21.8. The van der Waals surface area contributed by atoms with Gasteiger partial charge in [0, 0.05) is 30.1 Å². The zero-order valence-electron chi connectivity index (χ0n) is 21.0. The maximum atomic E-state index is 13.8. The van der Waals surface area contributed by atoms with E-state index < -0.39 is 12.0 Å². The average molecular weight is 496 g/mol. The lowest BCUT2D eigenvalue weighted by molar-refractivity contribution is -0.139. The van der Waals surface area contributed by atoms with Crippen LogP contribution in [-0.2, 0) is 16.6 Å². The van der Waals surface area contributed by atoms with Crippen LogP contribution < -0.4 is 24.4 Å². The average Bonchev–Trinajstić information content (AvgIpc) is 3.27. The van der Waals surface area contributed by atoms with Crippen molar-refractivity contribution in [2.24, 2.45) is 12.0 Å². The standard InChI is InChI=1S/C26H29N3O5S/c1-8-34-25(31)22-15(3)27-26-29(23(22)19-10-9-18(32-6)13-20(19)33-7)24(30)21(35-26)12-17-11-14(2)28(5)16(17)4/h9-13,23H,8H2,1-7H3. The largest absolute Gasteiger partial charge is 0.497 e. The van der Waals surface area contributed by atoms with Gasteiger partial charge < -0.3 is 18.8 Å². The van der Waals surface area contributed by atoms with Crippen LogP contribution in [0.4, 0.5) is 0 Å². The van der Waals surface area contributed by atoms with Gasteiger partial charge in [-0.05, 0) is 57.5 Å². The summed E-state index contributed by atoms with van der Waals surface area (Å²) < 4.78 is 20.5. The van der Waals surface area contributed by atoms with Crippen molar-refractivity contribution in [2.45, 2.75) is 33.7 Å². The summed E-state index contributed by atoms with van der Waals surface area (Å²) in [5, 5.41) is 0. The molecule has 0 radical (unpaired) electrons. The molecule has 1 aromatic carbocycles. The molecule has 1 aliphatic heterocycles. The van der Waals surface area contributed by atoms with Gasteiger partial charge in [-0.15, -0.1) is 0 Å². The Hall–Kier alpha value is -3.59. The van der Waals surface area contributed by atoms with Crippen LogP contribution in [0.3, 0.4) is 0 Å². The number of carbonyl (C=O) groups excluding carboxylic acids is 1. The highest BCUT2D eigenvalue weighted by atomic mass is 32.1. The molecular weight excluding hydrogens is 466 g/mol. The maximum absolute atomic E-state index is 13.8. The Balaban J connectivity index is 2.01. The lowest BCUT2D eigenvalue weighted by Gasteiger charge is -2.26. The second-order valence-electron chi connectivity index (χ2n) is 8.30. The highest BCUT2D eigenvalue weighted by Gasteiger charge is 2.35. The highest BCUT2D eigenvalue weighted by molar-refractivity contribution is 7.07. The van der Waals surface area contributed by atoms with E-state index in [-0.39, 0.29) is 12.2 Å². The first-order valence-corrected chi connectivity index (χ1v) is 12.1. The number of aromatic nitrogens is 2. The van der Waals surface area contributed by atoms with Crippen molar-refractivity contribution in [3.8, 4) is 11.5 Å². The minimum atomic E-state index is -0.757. The summed E-state index contributed by atoms with van der Waals surface area (Å²) in [7, 11) is 5.11. The minimum Gasteiger partial charge on any atom is -0.497 e. The third-order valence-electron chi connectivity index (χ3n) is 6.35. The van der Waals surface area contributed by atoms with E-state index in [4.69, 9.17) is 14.2 Å². The molecule has 0 aliphatic carbocycles. The van der Waals surface area contributed by atoms with Crippen LogP contribution >= 0.6 is 11.3 Å². The maximum Gasteiger partial charge on any atom is 0.338 e. The molecule has 1 unspecified atom stereocenters. The predicted octanol–water partition coefficient (Wildman–Crippen LogP) is 2.77. The SMILES string of the molecule is CCOC(=O)C1=C(C)N=c2sc(=Cc3cc(C)n(C)c3C)c(=O)n2C1c1ccc(OC)cc1OC. The van der Waals surface area contributed by atoms with Crippen molar-refractivity contribution >= 4 is 23.4 Å². The lowest BCUT2D eigenvalue weighted by Crippen LogP contribution is -2.40. The number of aryl methyl sites for hydroxylation is 1. The molecule has 0 N–H and O–H groups in total. The normalized spacial score (nSPS) is 15.6. The summed E-state index contributed by atoms with van der Waals surface area (Å²) in [5.41, 5.74) is 4.35. The van der Waals surface area contributed by atoms with E-state index in [1.165, 1.54) is 11.3 Å². The number of hydrogen-bond donors (Lipinski definition) is 0. The summed E-state index contributed by atoms with van der Waals surface area (Å²) in [6, 6.07) is 6.61. The number of hydrogen-bond acceptors (Lipinski definition) is 7. The third-order valence-corrected chi connectivity index (χ3v) is 7.34. The Labute approximate surface area is 207 Å². The zero-order chi connectivity index (χ0) is 25.4. The number of carbonyl (C=O) groups is 1. The monoisotopic (exact) mass is 495 g/mol. The summed E-state index contributed by atoms with van der Waals surface area (Å²) in [6.07, 6.45) is 1.89. The molecule has 35 heavy (non-hydrogen) atoms. The molecule has 184 valence electrons. The summed E-state index contributed by atoms with van der Waals surface area (Å²) >= 11 is 1.30. The molecule has 0 spiro atoms. The van der Waals surface area contributed by atoms with Gasteiger partial charge in [0.2, 0.25) is 0 Å². The Morgan fingerprint density at radius 1 is 1.17 bits per heavy atom. The van der Waals surface area contributed by atoms with Gasteiger partial charge in [0.05, 0.1) is 36.6 Å². The van der Waals surface area contributed by atoms with Crippen molar-refractivity contribution in [1.82, 2.24) is 9.13 Å². The molecule has 8 nitrogen and oxygen atoms in total. The molecule has 0 amide bonds. The van der Waals surface area contributed by atoms with Gasteiger partial charge in [0.1, 0.15) is 17.5 Å². The van der Waals surface area contributed by atoms with Crippen LogP contribution in [0.15, 0.2) is 45.3 Å². The molecule has 9 heteroatoms. The Kier molecular flexibility index (Phi) is 6.71. The number of nitrogens with zero attached hydrogens (tertiary/aromatic N) is 3. The molecule has 0 saturated carbocycles. The van der Waals surface area contributed by atoms with Crippen LogP contribution in [0.25, 0.3) is 6.08 Å². The molecule has 1 aliphatic rings. The number of methoxy groups -OCH3 is 2.